The Labute approximate surface area is 171 Å². The van der Waals surface area contributed by atoms with Crippen molar-refractivity contribution in [2.24, 2.45) is 0 Å². The summed E-state index contributed by atoms with van der Waals surface area (Å²) in [4.78, 5) is 47.8. The van der Waals surface area contributed by atoms with Gasteiger partial charge >= 0.3 is 0 Å². The molecule has 29 heavy (non-hydrogen) atoms. The van der Waals surface area contributed by atoms with Crippen molar-refractivity contribution in [1.82, 2.24) is 14.9 Å². The number of aldehydes is 1. The van der Waals surface area contributed by atoms with Gasteiger partial charge in [-0.05, 0) is 18.4 Å². The Bertz CT molecular complexity index is 942. The van der Waals surface area contributed by atoms with Crippen molar-refractivity contribution in [3.05, 3.63) is 47.2 Å². The smallest absolute Gasteiger partial charge is 0.261 e. The molecule has 4 rings (SSSR count). The Hall–Kier alpha value is -2.82. The molecular formula is C19H18N4O5S. The van der Waals surface area contributed by atoms with Gasteiger partial charge < -0.3 is 14.4 Å². The number of anilines is 1. The van der Waals surface area contributed by atoms with Gasteiger partial charge in [0.15, 0.2) is 11.4 Å². The molecule has 2 amide bonds. The number of fused-ring (bicyclic) bond motifs is 1. The van der Waals surface area contributed by atoms with E-state index in [-0.39, 0.29) is 25.0 Å². The summed E-state index contributed by atoms with van der Waals surface area (Å²) < 4.78 is 11.5. The van der Waals surface area contributed by atoms with Crippen LogP contribution in [0.15, 0.2) is 35.6 Å². The summed E-state index contributed by atoms with van der Waals surface area (Å²) in [7, 11) is 1.69. The quantitative estimate of drug-likeness (QED) is 0.311. The van der Waals surface area contributed by atoms with Crippen molar-refractivity contribution in [3.8, 4) is 0 Å². The van der Waals surface area contributed by atoms with Gasteiger partial charge in [0.05, 0.1) is 35.9 Å². The zero-order chi connectivity index (χ0) is 20.5. The lowest BCUT2D eigenvalue weighted by Crippen LogP contribution is -2.53. The molecule has 3 heterocycles. The fourth-order valence-corrected chi connectivity index (χ4v) is 3.66. The molecule has 0 N–H and O–H groups in total. The highest BCUT2D eigenvalue weighted by Crippen LogP contribution is 2.28. The van der Waals surface area contributed by atoms with Gasteiger partial charge in [0.25, 0.3) is 11.8 Å². The minimum absolute atomic E-state index is 0.108. The lowest BCUT2D eigenvalue weighted by Gasteiger charge is -2.37. The van der Waals surface area contributed by atoms with E-state index in [2.05, 4.69) is 9.97 Å². The predicted octanol–water partition coefficient (Wildman–Crippen LogP) is 1.44. The number of carbonyl (C=O) groups is 3. The molecule has 1 aromatic carbocycles. The van der Waals surface area contributed by atoms with Crippen LogP contribution in [0.4, 0.5) is 5.82 Å². The van der Waals surface area contributed by atoms with Gasteiger partial charge in [0.2, 0.25) is 6.41 Å². The van der Waals surface area contributed by atoms with Crippen LogP contribution in [-0.4, -0.2) is 71.9 Å². The molecule has 0 bridgehead atoms. The van der Waals surface area contributed by atoms with E-state index < -0.39 is 12.5 Å². The third-order valence-electron chi connectivity index (χ3n) is 4.79. The number of aromatic nitrogens is 2. The van der Waals surface area contributed by atoms with Crippen LogP contribution in [0.1, 0.15) is 31.1 Å². The number of benzene rings is 1. The van der Waals surface area contributed by atoms with Gasteiger partial charge in [0, 0.05) is 13.2 Å². The number of ether oxygens (including phenoxy) is 2. The van der Waals surface area contributed by atoms with E-state index in [0.29, 0.717) is 34.0 Å². The molecule has 2 aliphatic rings. The molecule has 0 radical (unpaired) electrons. The highest BCUT2D eigenvalue weighted by molar-refractivity contribution is 7.98. The molecule has 0 saturated carbocycles. The summed E-state index contributed by atoms with van der Waals surface area (Å²) >= 11 is 1.35. The van der Waals surface area contributed by atoms with Gasteiger partial charge in [-0.15, -0.1) is 0 Å². The molecular weight excluding hydrogens is 396 g/mol. The number of hydrogen-bond donors (Lipinski definition) is 0. The second-order valence-corrected chi connectivity index (χ2v) is 7.29. The minimum atomic E-state index is -0.815. The second-order valence-electron chi connectivity index (χ2n) is 6.52. The van der Waals surface area contributed by atoms with Crippen molar-refractivity contribution in [3.63, 3.8) is 0 Å². The molecule has 150 valence electrons. The average molecular weight is 414 g/mol. The largest absolute Gasteiger partial charge is 0.333 e. The standard InChI is InChI=1S/C19H18N4O5S/c1-22(15-11(8-24)7-20-18(21-15)29-2)19-27-9-12(10-28-19)23-16(25)13-5-3-4-6-14(13)17(23)26/h3-8,12,19H,9-10H2,1-2H3/t12-,19+. The van der Waals surface area contributed by atoms with Crippen LogP contribution in [0.3, 0.4) is 0 Å². The molecule has 2 aromatic rings. The van der Waals surface area contributed by atoms with Gasteiger partial charge in [-0.1, -0.05) is 23.9 Å². The van der Waals surface area contributed by atoms with Crippen molar-refractivity contribution < 1.29 is 23.9 Å². The molecule has 0 spiro atoms. The lowest BCUT2D eigenvalue weighted by atomic mass is 10.1. The Morgan fingerprint density at radius 3 is 2.34 bits per heavy atom. The highest BCUT2D eigenvalue weighted by Gasteiger charge is 2.42. The maximum Gasteiger partial charge on any atom is 0.261 e. The molecule has 0 atom stereocenters. The first-order valence-electron chi connectivity index (χ1n) is 8.84. The van der Waals surface area contributed by atoms with Gasteiger partial charge in [-0.3, -0.25) is 19.3 Å². The molecule has 1 fully saturated rings. The van der Waals surface area contributed by atoms with E-state index >= 15 is 0 Å². The van der Waals surface area contributed by atoms with E-state index in [1.54, 1.807) is 36.2 Å². The van der Waals surface area contributed by atoms with Crippen molar-refractivity contribution in [2.75, 3.05) is 31.4 Å². The third kappa shape index (κ3) is 3.39. The molecule has 9 nitrogen and oxygen atoms in total. The lowest BCUT2D eigenvalue weighted by molar-refractivity contribution is -0.195. The molecule has 1 aromatic heterocycles. The second kappa shape index (κ2) is 7.90. The predicted molar refractivity (Wildman–Crippen MR) is 104 cm³/mol. The van der Waals surface area contributed by atoms with E-state index in [9.17, 15) is 14.4 Å². The number of amides is 2. The number of imide groups is 1. The molecule has 10 heteroatoms. The zero-order valence-corrected chi connectivity index (χ0v) is 16.6. The highest BCUT2D eigenvalue weighted by atomic mass is 32.2. The van der Waals surface area contributed by atoms with Gasteiger partial charge in [-0.25, -0.2) is 9.97 Å². The number of nitrogens with zero attached hydrogens (tertiary/aromatic N) is 4. The van der Waals surface area contributed by atoms with Crippen LogP contribution in [0.2, 0.25) is 0 Å². The number of thioether (sulfide) groups is 1. The van der Waals surface area contributed by atoms with Crippen LogP contribution >= 0.6 is 11.8 Å². The Morgan fingerprint density at radius 1 is 1.17 bits per heavy atom. The van der Waals surface area contributed by atoms with Crippen LogP contribution in [0, 0.1) is 0 Å². The summed E-state index contributed by atoms with van der Waals surface area (Å²) in [5.41, 5.74) is 1.08. The van der Waals surface area contributed by atoms with E-state index in [0.717, 1.165) is 0 Å². The molecule has 0 unspecified atom stereocenters. The number of hydrogen-bond acceptors (Lipinski definition) is 9. The Morgan fingerprint density at radius 2 is 1.79 bits per heavy atom. The van der Waals surface area contributed by atoms with Crippen LogP contribution in [0.5, 0.6) is 0 Å². The summed E-state index contributed by atoms with van der Waals surface area (Å²) in [5, 5.41) is 0.511. The molecule has 1 saturated heterocycles. The van der Waals surface area contributed by atoms with Crippen LogP contribution in [-0.2, 0) is 9.47 Å². The van der Waals surface area contributed by atoms with E-state index in [1.165, 1.54) is 22.9 Å². The summed E-state index contributed by atoms with van der Waals surface area (Å²) in [6.45, 7) is 0.217. The maximum absolute atomic E-state index is 12.6. The topological polar surface area (TPSA) is 102 Å². The maximum atomic E-state index is 12.6. The Kier molecular flexibility index (Phi) is 5.31. The average Bonchev–Trinajstić information content (AvgIpc) is 3.03. The fraction of sp³-hybridized carbons (Fsp3) is 0.316. The first kappa shape index (κ1) is 19.5. The van der Waals surface area contributed by atoms with Gasteiger partial charge in [0.1, 0.15) is 5.82 Å². The summed E-state index contributed by atoms with van der Waals surface area (Å²) in [6, 6.07) is 6.18. The summed E-state index contributed by atoms with van der Waals surface area (Å²) in [5.74, 6) is -0.319. The van der Waals surface area contributed by atoms with Crippen molar-refractivity contribution >= 4 is 35.7 Å². The zero-order valence-electron chi connectivity index (χ0n) is 15.8. The van der Waals surface area contributed by atoms with E-state index in [1.807, 2.05) is 6.26 Å². The van der Waals surface area contributed by atoms with Crippen LogP contribution in [0.25, 0.3) is 0 Å². The Balaban J connectivity index is 1.47. The SMILES string of the molecule is CSc1ncc(C=O)c(N(C)[C@H]2OC[C@@H](N3C(=O)c4ccccc4C3=O)CO2)n1. The van der Waals surface area contributed by atoms with Crippen molar-refractivity contribution in [2.45, 2.75) is 17.6 Å². The summed E-state index contributed by atoms with van der Waals surface area (Å²) in [6.07, 6.45) is 3.13. The molecule has 0 aliphatic carbocycles. The van der Waals surface area contributed by atoms with Gasteiger partial charge in [-0.2, -0.15) is 0 Å². The monoisotopic (exact) mass is 414 g/mol. The number of rotatable bonds is 5. The van der Waals surface area contributed by atoms with E-state index in [4.69, 9.17) is 9.47 Å². The third-order valence-corrected chi connectivity index (χ3v) is 5.35. The normalized spacial score (nSPS) is 21.2. The first-order chi connectivity index (χ1) is 14.0. The first-order valence-corrected chi connectivity index (χ1v) is 10.1. The minimum Gasteiger partial charge on any atom is -0.333 e. The van der Waals surface area contributed by atoms with Crippen molar-refractivity contribution in [1.29, 1.82) is 0 Å². The fourth-order valence-electron chi connectivity index (χ4n) is 3.33. The number of carbonyl (C=O) groups excluding carboxylic acids is 3. The van der Waals surface area contributed by atoms with Crippen LogP contribution < -0.4 is 4.90 Å². The molecule has 2 aliphatic heterocycles.